The summed E-state index contributed by atoms with van der Waals surface area (Å²) in [5, 5.41) is 7.39. The summed E-state index contributed by atoms with van der Waals surface area (Å²) in [6, 6.07) is 7.92. The molecule has 0 fully saturated rings. The van der Waals surface area contributed by atoms with Crippen molar-refractivity contribution in [2.24, 2.45) is 4.99 Å². The molecule has 0 radical (unpaired) electrons. The smallest absolute Gasteiger partial charge is 0.0662 e. The van der Waals surface area contributed by atoms with E-state index in [9.17, 15) is 0 Å². The van der Waals surface area contributed by atoms with Gasteiger partial charge in [0.25, 0.3) is 0 Å². The first-order chi connectivity index (χ1) is 6.11. The van der Waals surface area contributed by atoms with E-state index in [4.69, 9.17) is 5.41 Å². The number of aliphatic imine (C=N–C) groups is 1. The average molecular weight is 233 g/mol. The minimum Gasteiger partial charge on any atom is -0.304 e. The van der Waals surface area contributed by atoms with Gasteiger partial charge in [0, 0.05) is 22.2 Å². The molecule has 2 nitrogen and oxygen atoms in total. The standard InChI is InChI=1S/C11H14N2.Ni/c1-8-6-4-5-7-11(8)13-10(3)9(2)12;/h4-7,12H,1-3H3;. The third-order valence-electron chi connectivity index (χ3n) is 1.95. The predicted octanol–water partition coefficient (Wildman–Crippen LogP) is 3.12. The minimum atomic E-state index is 0. The molecule has 0 saturated carbocycles. The van der Waals surface area contributed by atoms with Crippen LogP contribution >= 0.6 is 0 Å². The van der Waals surface area contributed by atoms with Gasteiger partial charge >= 0.3 is 0 Å². The van der Waals surface area contributed by atoms with Crippen LogP contribution in [0.1, 0.15) is 19.4 Å². The summed E-state index contributed by atoms with van der Waals surface area (Å²) >= 11 is 0. The van der Waals surface area contributed by atoms with Crippen LogP contribution in [0.5, 0.6) is 0 Å². The van der Waals surface area contributed by atoms with Crippen molar-refractivity contribution < 1.29 is 16.5 Å². The Balaban J connectivity index is 0.00000169. The minimum absolute atomic E-state index is 0. The predicted molar refractivity (Wildman–Crippen MR) is 57.3 cm³/mol. The van der Waals surface area contributed by atoms with Gasteiger partial charge in [-0.1, -0.05) is 18.2 Å². The van der Waals surface area contributed by atoms with Crippen molar-refractivity contribution in [1.29, 1.82) is 5.41 Å². The Labute approximate surface area is 94.9 Å². The SMILES string of the molecule is CC(=N)C(C)=Nc1ccccc1C.[Ni]. The molecule has 0 heterocycles. The van der Waals surface area contributed by atoms with E-state index in [2.05, 4.69) is 4.99 Å². The van der Waals surface area contributed by atoms with Gasteiger partial charge in [-0.15, -0.1) is 0 Å². The molecule has 0 amide bonds. The molecule has 0 aliphatic carbocycles. The summed E-state index contributed by atoms with van der Waals surface area (Å²) < 4.78 is 0. The molecular weight excluding hydrogens is 219 g/mol. The van der Waals surface area contributed by atoms with Gasteiger partial charge in [-0.2, -0.15) is 0 Å². The quantitative estimate of drug-likeness (QED) is 0.601. The first-order valence-corrected chi connectivity index (χ1v) is 4.27. The van der Waals surface area contributed by atoms with Crippen molar-refractivity contribution in [3.8, 4) is 0 Å². The molecule has 0 bridgehead atoms. The van der Waals surface area contributed by atoms with Gasteiger partial charge in [0.2, 0.25) is 0 Å². The fraction of sp³-hybridized carbons (Fsp3) is 0.273. The fourth-order valence-corrected chi connectivity index (χ4v) is 0.953. The van der Waals surface area contributed by atoms with Crippen LogP contribution in [-0.2, 0) is 16.5 Å². The van der Waals surface area contributed by atoms with E-state index in [0.717, 1.165) is 17.0 Å². The van der Waals surface area contributed by atoms with Crippen LogP contribution in [-0.4, -0.2) is 11.4 Å². The van der Waals surface area contributed by atoms with Gasteiger partial charge in [-0.25, -0.2) is 0 Å². The molecular formula is C11H14N2Ni. The molecule has 0 aliphatic heterocycles. The summed E-state index contributed by atoms with van der Waals surface area (Å²) in [4.78, 5) is 4.35. The molecule has 1 aromatic rings. The first kappa shape index (κ1) is 13.1. The third-order valence-corrected chi connectivity index (χ3v) is 1.95. The summed E-state index contributed by atoms with van der Waals surface area (Å²) in [7, 11) is 0. The number of benzene rings is 1. The molecule has 0 aliphatic rings. The Morgan fingerprint density at radius 1 is 1.21 bits per heavy atom. The zero-order chi connectivity index (χ0) is 9.84. The Kier molecular flexibility index (Phi) is 5.33. The fourth-order valence-electron chi connectivity index (χ4n) is 0.953. The average Bonchev–Trinajstić information content (AvgIpc) is 2.08. The topological polar surface area (TPSA) is 36.2 Å². The van der Waals surface area contributed by atoms with E-state index < -0.39 is 0 Å². The van der Waals surface area contributed by atoms with E-state index >= 15 is 0 Å². The van der Waals surface area contributed by atoms with Gasteiger partial charge in [0.1, 0.15) is 0 Å². The molecule has 1 N–H and O–H groups in total. The van der Waals surface area contributed by atoms with Crippen LogP contribution in [0.3, 0.4) is 0 Å². The molecule has 0 unspecified atom stereocenters. The van der Waals surface area contributed by atoms with Crippen molar-refractivity contribution in [3.05, 3.63) is 29.8 Å². The van der Waals surface area contributed by atoms with Crippen LogP contribution in [0.15, 0.2) is 29.3 Å². The van der Waals surface area contributed by atoms with E-state index in [1.54, 1.807) is 6.92 Å². The van der Waals surface area contributed by atoms with Crippen molar-refractivity contribution in [1.82, 2.24) is 0 Å². The third kappa shape index (κ3) is 3.43. The van der Waals surface area contributed by atoms with Crippen molar-refractivity contribution in [3.63, 3.8) is 0 Å². The molecule has 0 spiro atoms. The molecule has 1 rings (SSSR count). The van der Waals surface area contributed by atoms with E-state index in [1.165, 1.54) is 0 Å². The molecule has 0 saturated heterocycles. The maximum absolute atomic E-state index is 7.39. The number of hydrogen-bond donors (Lipinski definition) is 1. The van der Waals surface area contributed by atoms with E-state index in [0.29, 0.717) is 5.71 Å². The molecule has 14 heavy (non-hydrogen) atoms. The largest absolute Gasteiger partial charge is 0.304 e. The molecule has 0 atom stereocenters. The van der Waals surface area contributed by atoms with Gasteiger partial charge in [-0.3, -0.25) is 4.99 Å². The van der Waals surface area contributed by atoms with Crippen LogP contribution in [0, 0.1) is 12.3 Å². The summed E-state index contributed by atoms with van der Waals surface area (Å²) in [6.07, 6.45) is 0. The van der Waals surface area contributed by atoms with Gasteiger partial charge in [-0.05, 0) is 32.4 Å². The molecule has 1 aromatic carbocycles. The van der Waals surface area contributed by atoms with Crippen LogP contribution in [0.2, 0.25) is 0 Å². The Morgan fingerprint density at radius 2 is 1.79 bits per heavy atom. The Hall–Kier alpha value is -0.946. The summed E-state index contributed by atoms with van der Waals surface area (Å²) in [5.41, 5.74) is 3.38. The maximum atomic E-state index is 7.39. The number of aryl methyl sites for hydroxylation is 1. The zero-order valence-corrected chi connectivity index (χ0v) is 9.56. The molecule has 0 aromatic heterocycles. The van der Waals surface area contributed by atoms with E-state index in [-0.39, 0.29) is 16.5 Å². The number of para-hydroxylation sites is 1. The van der Waals surface area contributed by atoms with Crippen LogP contribution in [0.25, 0.3) is 0 Å². The second kappa shape index (κ2) is 5.71. The van der Waals surface area contributed by atoms with Crippen molar-refractivity contribution in [2.75, 3.05) is 0 Å². The number of hydrogen-bond acceptors (Lipinski definition) is 2. The second-order valence-electron chi connectivity index (χ2n) is 3.11. The van der Waals surface area contributed by atoms with Crippen LogP contribution in [0.4, 0.5) is 5.69 Å². The van der Waals surface area contributed by atoms with Gasteiger partial charge in [0.05, 0.1) is 11.4 Å². The normalized spacial score (nSPS) is 10.6. The molecule has 3 heteroatoms. The first-order valence-electron chi connectivity index (χ1n) is 4.27. The Morgan fingerprint density at radius 3 is 2.29 bits per heavy atom. The number of nitrogens with one attached hydrogen (secondary N) is 1. The van der Waals surface area contributed by atoms with Crippen molar-refractivity contribution >= 4 is 17.1 Å². The Bertz CT molecular complexity index is 356. The van der Waals surface area contributed by atoms with E-state index in [1.807, 2.05) is 38.1 Å². The zero-order valence-electron chi connectivity index (χ0n) is 8.57. The van der Waals surface area contributed by atoms with Crippen molar-refractivity contribution in [2.45, 2.75) is 20.8 Å². The molecule has 78 valence electrons. The number of rotatable bonds is 2. The van der Waals surface area contributed by atoms with Gasteiger partial charge in [0.15, 0.2) is 0 Å². The maximum Gasteiger partial charge on any atom is 0.0662 e. The summed E-state index contributed by atoms with van der Waals surface area (Å²) in [5.74, 6) is 0. The monoisotopic (exact) mass is 232 g/mol. The van der Waals surface area contributed by atoms with Crippen LogP contribution < -0.4 is 0 Å². The van der Waals surface area contributed by atoms with Gasteiger partial charge < -0.3 is 5.41 Å². The summed E-state index contributed by atoms with van der Waals surface area (Å²) in [6.45, 7) is 5.62. The second-order valence-corrected chi connectivity index (χ2v) is 3.11. The number of nitrogens with zero attached hydrogens (tertiary/aromatic N) is 1.